The van der Waals surface area contributed by atoms with Crippen molar-refractivity contribution in [3.05, 3.63) is 59.7 Å². The smallest absolute Gasteiger partial charge is 0.307 e. The lowest BCUT2D eigenvalue weighted by Crippen LogP contribution is -2.04. The van der Waals surface area contributed by atoms with Crippen molar-refractivity contribution in [1.29, 1.82) is 0 Å². The van der Waals surface area contributed by atoms with E-state index < -0.39 is 11.8 Å². The molecule has 2 aromatic rings. The molecule has 1 aromatic heterocycles. The molecule has 0 radical (unpaired) electrons. The van der Waals surface area contributed by atoms with Crippen LogP contribution in [-0.4, -0.2) is 16.1 Å². The lowest BCUT2D eigenvalue weighted by molar-refractivity contribution is -0.136. The number of carboxylic acids is 1. The van der Waals surface area contributed by atoms with Crippen molar-refractivity contribution < 1.29 is 14.3 Å². The van der Waals surface area contributed by atoms with Gasteiger partial charge in [-0.3, -0.25) is 9.78 Å². The van der Waals surface area contributed by atoms with Gasteiger partial charge >= 0.3 is 5.97 Å². The maximum absolute atomic E-state index is 13.7. The van der Waals surface area contributed by atoms with Crippen LogP contribution in [0.2, 0.25) is 0 Å². The zero-order valence-electron chi connectivity index (χ0n) is 10.1. The number of pyridine rings is 1. The summed E-state index contributed by atoms with van der Waals surface area (Å²) in [6, 6.07) is 8.07. The van der Waals surface area contributed by atoms with Gasteiger partial charge in [0.1, 0.15) is 5.82 Å². The van der Waals surface area contributed by atoms with Crippen molar-refractivity contribution in [3.8, 4) is 0 Å². The van der Waals surface area contributed by atoms with Crippen LogP contribution in [-0.2, 0) is 17.8 Å². The molecule has 0 amide bonds. The number of rotatable bonds is 5. The van der Waals surface area contributed by atoms with Crippen molar-refractivity contribution in [3.63, 3.8) is 0 Å². The first-order valence-corrected chi connectivity index (χ1v) is 5.78. The van der Waals surface area contributed by atoms with Gasteiger partial charge in [0.15, 0.2) is 0 Å². The Labute approximate surface area is 109 Å². The van der Waals surface area contributed by atoms with Gasteiger partial charge in [0, 0.05) is 18.9 Å². The molecule has 4 nitrogen and oxygen atoms in total. The molecule has 0 spiro atoms. The SMILES string of the molecule is O=C(O)Cc1ccc(NCc2ccncc2)c(F)c1. The van der Waals surface area contributed by atoms with E-state index in [0.717, 1.165) is 5.56 Å². The van der Waals surface area contributed by atoms with Crippen LogP contribution in [0.5, 0.6) is 0 Å². The molecule has 1 aromatic carbocycles. The molecule has 0 bridgehead atoms. The Balaban J connectivity index is 2.03. The van der Waals surface area contributed by atoms with Gasteiger partial charge in [-0.1, -0.05) is 6.07 Å². The Morgan fingerprint density at radius 1 is 1.21 bits per heavy atom. The van der Waals surface area contributed by atoms with E-state index in [0.29, 0.717) is 17.8 Å². The molecule has 0 fully saturated rings. The van der Waals surface area contributed by atoms with Crippen molar-refractivity contribution in [2.75, 3.05) is 5.32 Å². The van der Waals surface area contributed by atoms with Gasteiger partial charge in [-0.05, 0) is 35.4 Å². The maximum atomic E-state index is 13.7. The number of benzene rings is 1. The standard InChI is InChI=1S/C14H13FN2O2/c15-12-7-11(8-14(18)19)1-2-13(12)17-9-10-3-5-16-6-4-10/h1-7,17H,8-9H2,(H,18,19). The van der Waals surface area contributed by atoms with Gasteiger partial charge in [0.2, 0.25) is 0 Å². The monoisotopic (exact) mass is 260 g/mol. The number of nitrogens with one attached hydrogen (secondary N) is 1. The van der Waals surface area contributed by atoms with Crippen LogP contribution in [0.15, 0.2) is 42.7 Å². The maximum Gasteiger partial charge on any atom is 0.307 e. The lowest BCUT2D eigenvalue weighted by Gasteiger charge is -2.08. The van der Waals surface area contributed by atoms with Crippen molar-refractivity contribution in [2.45, 2.75) is 13.0 Å². The summed E-state index contributed by atoms with van der Waals surface area (Å²) in [5.41, 5.74) is 1.79. The fraction of sp³-hybridized carbons (Fsp3) is 0.143. The predicted molar refractivity (Wildman–Crippen MR) is 69.3 cm³/mol. The molecule has 19 heavy (non-hydrogen) atoms. The highest BCUT2D eigenvalue weighted by Gasteiger charge is 2.06. The average molecular weight is 260 g/mol. The highest BCUT2D eigenvalue weighted by atomic mass is 19.1. The first kappa shape index (κ1) is 13.0. The highest BCUT2D eigenvalue weighted by Crippen LogP contribution is 2.17. The molecule has 0 atom stereocenters. The molecular weight excluding hydrogens is 247 g/mol. The van der Waals surface area contributed by atoms with Crippen LogP contribution in [0.4, 0.5) is 10.1 Å². The number of halogens is 1. The molecule has 0 aliphatic heterocycles. The molecule has 5 heteroatoms. The zero-order chi connectivity index (χ0) is 13.7. The lowest BCUT2D eigenvalue weighted by atomic mass is 10.1. The fourth-order valence-corrected chi connectivity index (χ4v) is 1.68. The quantitative estimate of drug-likeness (QED) is 0.866. The van der Waals surface area contributed by atoms with Crippen LogP contribution in [0, 0.1) is 5.82 Å². The molecule has 0 aliphatic carbocycles. The van der Waals surface area contributed by atoms with Crippen molar-refractivity contribution in [1.82, 2.24) is 4.98 Å². The van der Waals surface area contributed by atoms with E-state index in [1.165, 1.54) is 6.07 Å². The van der Waals surface area contributed by atoms with Gasteiger partial charge in [0.05, 0.1) is 12.1 Å². The van der Waals surface area contributed by atoms with Gasteiger partial charge in [-0.15, -0.1) is 0 Å². The molecule has 0 saturated carbocycles. The number of anilines is 1. The second-order valence-electron chi connectivity index (χ2n) is 4.09. The number of nitrogens with zero attached hydrogens (tertiary/aromatic N) is 1. The molecule has 98 valence electrons. The molecule has 2 rings (SSSR count). The van der Waals surface area contributed by atoms with E-state index in [1.54, 1.807) is 24.5 Å². The van der Waals surface area contributed by atoms with Crippen LogP contribution >= 0.6 is 0 Å². The molecule has 2 N–H and O–H groups in total. The van der Waals surface area contributed by atoms with Crippen molar-refractivity contribution in [2.24, 2.45) is 0 Å². The highest BCUT2D eigenvalue weighted by molar-refractivity contribution is 5.70. The van der Waals surface area contributed by atoms with E-state index in [-0.39, 0.29) is 6.42 Å². The third-order valence-corrected chi connectivity index (χ3v) is 2.62. The summed E-state index contributed by atoms with van der Waals surface area (Å²) >= 11 is 0. The van der Waals surface area contributed by atoms with Crippen LogP contribution in [0.1, 0.15) is 11.1 Å². The Morgan fingerprint density at radius 3 is 2.58 bits per heavy atom. The Morgan fingerprint density at radius 2 is 1.95 bits per heavy atom. The molecule has 0 unspecified atom stereocenters. The molecule has 1 heterocycles. The first-order valence-electron chi connectivity index (χ1n) is 5.78. The minimum atomic E-state index is -0.975. The number of carboxylic acid groups (broad SMARTS) is 1. The van der Waals surface area contributed by atoms with E-state index in [4.69, 9.17) is 5.11 Å². The van der Waals surface area contributed by atoms with E-state index in [2.05, 4.69) is 10.3 Å². The Kier molecular flexibility index (Phi) is 4.07. The third kappa shape index (κ3) is 3.77. The Bertz CT molecular complexity index is 573. The number of aromatic nitrogens is 1. The zero-order valence-corrected chi connectivity index (χ0v) is 10.1. The predicted octanol–water partition coefficient (Wildman–Crippen LogP) is 2.46. The minimum absolute atomic E-state index is 0.179. The van der Waals surface area contributed by atoms with Crippen LogP contribution < -0.4 is 5.32 Å². The van der Waals surface area contributed by atoms with E-state index >= 15 is 0 Å². The Hall–Kier alpha value is -2.43. The molecular formula is C14H13FN2O2. The second kappa shape index (κ2) is 5.95. The molecule has 0 saturated heterocycles. The number of aliphatic carboxylic acids is 1. The van der Waals surface area contributed by atoms with E-state index in [9.17, 15) is 9.18 Å². The number of hydrogen-bond acceptors (Lipinski definition) is 3. The normalized spacial score (nSPS) is 10.2. The number of carbonyl (C=O) groups is 1. The summed E-state index contributed by atoms with van der Waals surface area (Å²) in [5.74, 6) is -1.43. The molecule has 0 aliphatic rings. The number of hydrogen-bond donors (Lipinski definition) is 2. The third-order valence-electron chi connectivity index (χ3n) is 2.62. The fourth-order valence-electron chi connectivity index (χ4n) is 1.68. The summed E-state index contributed by atoms with van der Waals surface area (Å²) < 4.78 is 13.7. The summed E-state index contributed by atoms with van der Waals surface area (Å²) in [4.78, 5) is 14.4. The summed E-state index contributed by atoms with van der Waals surface area (Å²) in [7, 11) is 0. The topological polar surface area (TPSA) is 62.2 Å². The average Bonchev–Trinajstić information content (AvgIpc) is 2.38. The van der Waals surface area contributed by atoms with Crippen LogP contribution in [0.3, 0.4) is 0 Å². The van der Waals surface area contributed by atoms with Gasteiger partial charge in [0.25, 0.3) is 0 Å². The van der Waals surface area contributed by atoms with Crippen molar-refractivity contribution >= 4 is 11.7 Å². The summed E-state index contributed by atoms with van der Waals surface area (Å²) in [6.07, 6.45) is 3.16. The van der Waals surface area contributed by atoms with Gasteiger partial charge in [-0.2, -0.15) is 0 Å². The van der Waals surface area contributed by atoms with Gasteiger partial charge < -0.3 is 10.4 Å². The minimum Gasteiger partial charge on any atom is -0.481 e. The first-order chi connectivity index (χ1) is 9.15. The van der Waals surface area contributed by atoms with Crippen LogP contribution in [0.25, 0.3) is 0 Å². The summed E-state index contributed by atoms with van der Waals surface area (Å²) in [5, 5.41) is 11.6. The van der Waals surface area contributed by atoms with E-state index in [1.807, 2.05) is 12.1 Å². The summed E-state index contributed by atoms with van der Waals surface area (Å²) in [6.45, 7) is 0.484. The van der Waals surface area contributed by atoms with Gasteiger partial charge in [-0.25, -0.2) is 4.39 Å². The second-order valence-corrected chi connectivity index (χ2v) is 4.09. The largest absolute Gasteiger partial charge is 0.481 e.